The molecule has 2 saturated heterocycles. The minimum Gasteiger partial charge on any atom is -0.495 e. The molecule has 0 spiro atoms. The number of halogens is 3. The molecule has 4 aliphatic heterocycles. The van der Waals surface area contributed by atoms with Crippen LogP contribution in [0.25, 0.3) is 10.9 Å². The third kappa shape index (κ3) is 6.02. The van der Waals surface area contributed by atoms with E-state index < -0.39 is 6.10 Å². The molecule has 8 nitrogen and oxygen atoms in total. The van der Waals surface area contributed by atoms with Crippen LogP contribution in [-0.2, 0) is 11.3 Å². The summed E-state index contributed by atoms with van der Waals surface area (Å²) < 4.78 is 7.96. The van der Waals surface area contributed by atoms with Crippen LogP contribution in [0.5, 0.6) is 5.75 Å². The Bertz CT molecular complexity index is 1440. The number of hydrogen-bond acceptors (Lipinski definition) is 7. The van der Waals surface area contributed by atoms with E-state index in [1.165, 1.54) is 41.5 Å². The number of ether oxygens (including phenoxy) is 1. The Morgan fingerprint density at radius 3 is 2.50 bits per heavy atom. The van der Waals surface area contributed by atoms with E-state index in [0.717, 1.165) is 69.3 Å². The highest BCUT2D eigenvalue weighted by Gasteiger charge is 2.52. The zero-order valence-electron chi connectivity index (χ0n) is 25.7. The predicted octanol–water partition coefficient (Wildman–Crippen LogP) is 5.77. The number of aliphatic hydroxyl groups is 1. The molecular weight excluding hydrogens is 621 g/mol. The number of rotatable bonds is 8. The lowest BCUT2D eigenvalue weighted by Gasteiger charge is -2.55. The quantitative estimate of drug-likeness (QED) is 0.308. The van der Waals surface area contributed by atoms with Crippen LogP contribution in [0.3, 0.4) is 0 Å². The van der Waals surface area contributed by atoms with Crippen molar-refractivity contribution in [2.45, 2.75) is 51.2 Å². The summed E-state index contributed by atoms with van der Waals surface area (Å²) in [5, 5.41) is 17.1. The second-order valence-electron chi connectivity index (χ2n) is 12.3. The van der Waals surface area contributed by atoms with Crippen LogP contribution in [0.1, 0.15) is 49.9 Å². The molecule has 5 heterocycles. The molecule has 1 aromatic heterocycles. The molecule has 7 rings (SSSR count). The van der Waals surface area contributed by atoms with Crippen LogP contribution < -0.4 is 9.64 Å². The van der Waals surface area contributed by atoms with E-state index in [9.17, 15) is 5.11 Å². The normalized spacial score (nSPS) is 24.5. The van der Waals surface area contributed by atoms with Gasteiger partial charge >= 0.3 is 0 Å². The van der Waals surface area contributed by atoms with Crippen LogP contribution >= 0.6 is 37.2 Å². The topological polar surface area (TPSA) is 65.7 Å². The number of piperidine rings is 1. The van der Waals surface area contributed by atoms with E-state index in [2.05, 4.69) is 62.6 Å². The Kier molecular flexibility index (Phi) is 11.4. The van der Waals surface area contributed by atoms with Crippen molar-refractivity contribution >= 4 is 59.6 Å². The summed E-state index contributed by atoms with van der Waals surface area (Å²) in [6, 6.07) is 17.4. The van der Waals surface area contributed by atoms with Gasteiger partial charge < -0.3 is 19.6 Å². The number of anilines is 1. The minimum absolute atomic E-state index is 0. The molecule has 0 amide bonds. The predicted molar refractivity (Wildman–Crippen MR) is 185 cm³/mol. The average molecular weight is 667 g/mol. The molecular formula is C33H46Cl3N5O3. The zero-order valence-corrected chi connectivity index (χ0v) is 28.1. The zero-order chi connectivity index (χ0) is 28.0. The molecule has 0 radical (unpaired) electrons. The Labute approximate surface area is 279 Å². The summed E-state index contributed by atoms with van der Waals surface area (Å²) in [7, 11) is 1.72. The fourth-order valence-corrected chi connectivity index (χ4v) is 8.16. The number of fused-ring (bicyclic) bond motifs is 3. The highest BCUT2D eigenvalue weighted by Crippen LogP contribution is 2.57. The number of aromatic nitrogens is 1. The monoisotopic (exact) mass is 665 g/mol. The minimum atomic E-state index is -0.589. The van der Waals surface area contributed by atoms with Gasteiger partial charge in [0.15, 0.2) is 5.84 Å². The molecule has 4 aliphatic rings. The Hall–Kier alpha value is -2.20. The van der Waals surface area contributed by atoms with Crippen molar-refractivity contribution in [3.05, 3.63) is 59.8 Å². The van der Waals surface area contributed by atoms with Gasteiger partial charge in [0.2, 0.25) is 0 Å². The largest absolute Gasteiger partial charge is 0.495 e. The van der Waals surface area contributed by atoms with E-state index in [1.54, 1.807) is 7.11 Å². The molecule has 0 aliphatic carbocycles. The highest BCUT2D eigenvalue weighted by molar-refractivity contribution is 6.00. The van der Waals surface area contributed by atoms with Crippen LogP contribution in [0, 0.1) is 5.41 Å². The number of aliphatic hydroxyl groups excluding tert-OH is 1. The number of para-hydroxylation sites is 3. The van der Waals surface area contributed by atoms with E-state index in [4.69, 9.17) is 14.7 Å². The summed E-state index contributed by atoms with van der Waals surface area (Å²) in [5.74, 6) is 1.91. The summed E-state index contributed by atoms with van der Waals surface area (Å²) >= 11 is 0. The molecule has 1 unspecified atom stereocenters. The van der Waals surface area contributed by atoms with Gasteiger partial charge in [0.05, 0.1) is 24.4 Å². The van der Waals surface area contributed by atoms with Gasteiger partial charge in [-0.25, -0.2) is 0 Å². The van der Waals surface area contributed by atoms with Gasteiger partial charge in [0.1, 0.15) is 18.5 Å². The summed E-state index contributed by atoms with van der Waals surface area (Å²) in [4.78, 5) is 13.4. The van der Waals surface area contributed by atoms with Crippen LogP contribution in [0.15, 0.2) is 53.7 Å². The number of methoxy groups -OCH3 is 1. The number of piperazine rings is 1. The van der Waals surface area contributed by atoms with Gasteiger partial charge in [0.25, 0.3) is 0 Å². The van der Waals surface area contributed by atoms with Crippen molar-refractivity contribution in [3.63, 3.8) is 0 Å². The number of oxime groups is 1. The SMILES string of the molecule is CC[C@]12CCCN3CCc4c(n(c5ccccc45)/C(=N\OCC(O)CN4CCN(c5ccccc5OC)CC4)C1)[C@@H]32.Cl.Cl.Cl. The first-order valence-electron chi connectivity index (χ1n) is 15.5. The lowest BCUT2D eigenvalue weighted by Crippen LogP contribution is -2.53. The number of benzene rings is 2. The molecule has 242 valence electrons. The van der Waals surface area contributed by atoms with Gasteiger partial charge in [0, 0.05) is 56.8 Å². The van der Waals surface area contributed by atoms with E-state index in [0.29, 0.717) is 12.6 Å². The number of β-amino-alcohol motifs (C(OH)–C–C–N with tert-alkyl or cyclic N) is 1. The molecule has 1 N–H and O–H groups in total. The lowest BCUT2D eigenvalue weighted by molar-refractivity contribution is -0.00749. The number of nitrogens with zero attached hydrogens (tertiary/aromatic N) is 5. The first kappa shape index (κ1) is 34.7. The highest BCUT2D eigenvalue weighted by atomic mass is 35.5. The lowest BCUT2D eigenvalue weighted by atomic mass is 9.64. The van der Waals surface area contributed by atoms with Crippen LogP contribution in [0.2, 0.25) is 0 Å². The first-order chi connectivity index (χ1) is 20.1. The van der Waals surface area contributed by atoms with Crippen molar-refractivity contribution < 1.29 is 14.7 Å². The Balaban J connectivity index is 0.00000147. The summed E-state index contributed by atoms with van der Waals surface area (Å²) in [6.45, 7) is 9.06. The van der Waals surface area contributed by atoms with Crippen molar-refractivity contribution in [2.24, 2.45) is 10.6 Å². The van der Waals surface area contributed by atoms with Crippen LogP contribution in [-0.4, -0.2) is 90.9 Å². The maximum absolute atomic E-state index is 10.9. The van der Waals surface area contributed by atoms with Crippen molar-refractivity contribution in [1.29, 1.82) is 0 Å². The van der Waals surface area contributed by atoms with Crippen molar-refractivity contribution in [1.82, 2.24) is 14.4 Å². The van der Waals surface area contributed by atoms with Gasteiger partial charge in [-0.3, -0.25) is 14.4 Å². The fourth-order valence-electron chi connectivity index (χ4n) is 8.16. The molecule has 0 saturated carbocycles. The fraction of sp³-hybridized carbons (Fsp3) is 0.545. The van der Waals surface area contributed by atoms with Gasteiger partial charge in [-0.15, -0.1) is 37.2 Å². The molecule has 11 heteroatoms. The van der Waals surface area contributed by atoms with Crippen LogP contribution in [0.4, 0.5) is 5.69 Å². The maximum Gasteiger partial charge on any atom is 0.153 e. The average Bonchev–Trinajstić information content (AvgIpc) is 3.36. The van der Waals surface area contributed by atoms with E-state index >= 15 is 0 Å². The van der Waals surface area contributed by atoms with E-state index in [1.807, 2.05) is 12.1 Å². The second kappa shape index (κ2) is 14.5. The molecule has 2 aromatic carbocycles. The summed E-state index contributed by atoms with van der Waals surface area (Å²) in [5.41, 5.74) is 5.52. The standard InChI is InChI=1S/C33H43N5O3.3ClH/c1-3-33-14-8-15-37-16-13-26-25-9-4-5-10-27(25)38(31(26)32(33)37)30(21-33)34-41-23-24(39)22-35-17-19-36(20-18-35)28-11-6-7-12-29(28)40-2;;;/h4-7,9-12,24,32,39H,3,8,13-23H2,1-2H3;3*1H/b34-30-;;;/t24?,32-,33+;;;/m1.../s1. The third-order valence-corrected chi connectivity index (χ3v) is 10.2. The molecule has 0 bridgehead atoms. The van der Waals surface area contributed by atoms with Crippen molar-refractivity contribution in [2.75, 3.05) is 64.4 Å². The molecule has 2 fully saturated rings. The Morgan fingerprint density at radius 2 is 1.73 bits per heavy atom. The van der Waals surface area contributed by atoms with Gasteiger partial charge in [-0.2, -0.15) is 0 Å². The molecule has 44 heavy (non-hydrogen) atoms. The van der Waals surface area contributed by atoms with Gasteiger partial charge in [-0.1, -0.05) is 42.4 Å². The number of hydrogen-bond donors (Lipinski definition) is 1. The smallest absolute Gasteiger partial charge is 0.153 e. The third-order valence-electron chi connectivity index (χ3n) is 10.2. The van der Waals surface area contributed by atoms with Gasteiger partial charge in [-0.05, 0) is 61.4 Å². The Morgan fingerprint density at radius 1 is 0.977 bits per heavy atom. The maximum atomic E-state index is 10.9. The van der Waals surface area contributed by atoms with Crippen molar-refractivity contribution in [3.8, 4) is 5.75 Å². The second-order valence-corrected chi connectivity index (χ2v) is 12.3. The summed E-state index contributed by atoms with van der Waals surface area (Å²) in [6.07, 6.45) is 5.03. The molecule has 3 atom stereocenters. The first-order valence-corrected chi connectivity index (χ1v) is 15.5. The van der Waals surface area contributed by atoms with E-state index in [-0.39, 0.29) is 49.2 Å². The molecule has 3 aromatic rings.